The SMILES string of the molecule is C=C(c1ccc(F)cc1)c1c(N)cc([C@](C)(CC)C2CCCCC2)cc1F. The summed E-state index contributed by atoms with van der Waals surface area (Å²) in [6, 6.07) is 9.45. The Labute approximate surface area is 161 Å². The first kappa shape index (κ1) is 19.6. The second kappa shape index (κ2) is 7.84. The van der Waals surface area contributed by atoms with E-state index in [4.69, 9.17) is 5.73 Å². The first-order valence-corrected chi connectivity index (χ1v) is 9.91. The first-order valence-electron chi connectivity index (χ1n) is 9.91. The maximum absolute atomic E-state index is 15.1. The van der Waals surface area contributed by atoms with E-state index in [-0.39, 0.29) is 17.0 Å². The second-order valence-electron chi connectivity index (χ2n) is 8.01. The Balaban J connectivity index is 1.98. The van der Waals surface area contributed by atoms with Crippen molar-refractivity contribution in [1.82, 2.24) is 0 Å². The highest BCUT2D eigenvalue weighted by atomic mass is 19.1. The number of nitrogens with two attached hydrogens (primary N) is 1. The summed E-state index contributed by atoms with van der Waals surface area (Å²) in [5.41, 5.74) is 9.05. The van der Waals surface area contributed by atoms with E-state index in [1.54, 1.807) is 18.2 Å². The van der Waals surface area contributed by atoms with E-state index in [9.17, 15) is 4.39 Å². The number of benzene rings is 2. The molecule has 3 heteroatoms. The number of rotatable bonds is 5. The van der Waals surface area contributed by atoms with Crippen LogP contribution in [0.1, 0.15) is 69.1 Å². The Morgan fingerprint density at radius 1 is 1.11 bits per heavy atom. The van der Waals surface area contributed by atoms with Gasteiger partial charge in [0.1, 0.15) is 11.6 Å². The molecule has 3 rings (SSSR count). The number of nitrogen functional groups attached to an aromatic ring is 1. The normalized spacial score (nSPS) is 17.5. The van der Waals surface area contributed by atoms with Crippen LogP contribution in [0.15, 0.2) is 43.0 Å². The van der Waals surface area contributed by atoms with Gasteiger partial charge >= 0.3 is 0 Å². The molecule has 2 aromatic rings. The van der Waals surface area contributed by atoms with Crippen molar-refractivity contribution in [3.8, 4) is 0 Å². The Morgan fingerprint density at radius 3 is 2.30 bits per heavy atom. The van der Waals surface area contributed by atoms with Crippen LogP contribution in [0.3, 0.4) is 0 Å². The zero-order valence-corrected chi connectivity index (χ0v) is 16.3. The van der Waals surface area contributed by atoms with Crippen molar-refractivity contribution < 1.29 is 8.78 Å². The van der Waals surface area contributed by atoms with E-state index in [1.165, 1.54) is 44.2 Å². The van der Waals surface area contributed by atoms with Crippen molar-refractivity contribution in [2.45, 2.75) is 57.8 Å². The van der Waals surface area contributed by atoms with Gasteiger partial charge in [-0.3, -0.25) is 0 Å². The molecule has 0 aromatic heterocycles. The summed E-state index contributed by atoms with van der Waals surface area (Å²) in [6.07, 6.45) is 7.12. The molecule has 1 atom stereocenters. The van der Waals surface area contributed by atoms with Gasteiger partial charge in [0.25, 0.3) is 0 Å². The van der Waals surface area contributed by atoms with Crippen LogP contribution in [0.4, 0.5) is 14.5 Å². The Morgan fingerprint density at radius 2 is 1.74 bits per heavy atom. The number of hydrogen-bond acceptors (Lipinski definition) is 1. The lowest BCUT2D eigenvalue weighted by atomic mass is 9.64. The zero-order valence-electron chi connectivity index (χ0n) is 16.3. The molecule has 1 saturated carbocycles. The topological polar surface area (TPSA) is 26.0 Å². The highest BCUT2D eigenvalue weighted by Gasteiger charge is 2.36. The molecule has 27 heavy (non-hydrogen) atoms. The predicted molar refractivity (Wildman–Crippen MR) is 110 cm³/mol. The molecule has 2 N–H and O–H groups in total. The molecule has 0 bridgehead atoms. The number of anilines is 1. The standard InChI is InChI=1S/C24H29F2N/c1-4-24(3,18-8-6-5-7-9-18)19-14-21(26)23(22(27)15-19)16(2)17-10-12-20(25)13-11-17/h10-15,18H,2,4-9,27H2,1,3H3/t24-/m1/s1. The van der Waals surface area contributed by atoms with E-state index in [2.05, 4.69) is 20.4 Å². The van der Waals surface area contributed by atoms with Gasteiger partial charge in [-0.05, 0) is 71.6 Å². The molecule has 1 aliphatic carbocycles. The molecule has 1 aliphatic rings. The monoisotopic (exact) mass is 369 g/mol. The van der Waals surface area contributed by atoms with Crippen molar-refractivity contribution in [3.63, 3.8) is 0 Å². The zero-order chi connectivity index (χ0) is 19.6. The minimum atomic E-state index is -0.352. The molecule has 0 saturated heterocycles. The molecule has 0 heterocycles. The average Bonchev–Trinajstić information content (AvgIpc) is 2.67. The highest BCUT2D eigenvalue weighted by molar-refractivity contribution is 5.84. The van der Waals surface area contributed by atoms with Crippen molar-refractivity contribution in [1.29, 1.82) is 0 Å². The van der Waals surface area contributed by atoms with Gasteiger partial charge in [0.2, 0.25) is 0 Å². The molecule has 2 aromatic carbocycles. The minimum Gasteiger partial charge on any atom is -0.398 e. The maximum Gasteiger partial charge on any atom is 0.133 e. The van der Waals surface area contributed by atoms with Gasteiger partial charge < -0.3 is 5.73 Å². The van der Waals surface area contributed by atoms with Crippen LogP contribution in [0, 0.1) is 17.6 Å². The minimum absolute atomic E-state index is 0.0783. The van der Waals surface area contributed by atoms with Crippen LogP contribution in [-0.2, 0) is 5.41 Å². The van der Waals surface area contributed by atoms with E-state index in [0.29, 0.717) is 28.3 Å². The summed E-state index contributed by atoms with van der Waals surface area (Å²) in [5, 5.41) is 0. The van der Waals surface area contributed by atoms with Crippen LogP contribution in [0.5, 0.6) is 0 Å². The molecular weight excluding hydrogens is 340 g/mol. The van der Waals surface area contributed by atoms with Gasteiger partial charge in [0.15, 0.2) is 0 Å². The van der Waals surface area contributed by atoms with Gasteiger partial charge in [0.05, 0.1) is 0 Å². The fourth-order valence-corrected chi connectivity index (χ4v) is 4.54. The first-order chi connectivity index (χ1) is 12.9. The summed E-state index contributed by atoms with van der Waals surface area (Å²) in [7, 11) is 0. The quantitative estimate of drug-likeness (QED) is 0.573. The van der Waals surface area contributed by atoms with Crippen LogP contribution < -0.4 is 5.73 Å². The molecule has 0 aliphatic heterocycles. The molecule has 0 unspecified atom stereocenters. The average molecular weight is 369 g/mol. The van der Waals surface area contributed by atoms with Crippen LogP contribution in [-0.4, -0.2) is 0 Å². The second-order valence-corrected chi connectivity index (χ2v) is 8.01. The lowest BCUT2D eigenvalue weighted by molar-refractivity contribution is 0.211. The molecule has 0 amide bonds. The van der Waals surface area contributed by atoms with Gasteiger partial charge in [-0.25, -0.2) is 8.78 Å². The number of halogens is 2. The lowest BCUT2D eigenvalue weighted by Crippen LogP contribution is -2.33. The van der Waals surface area contributed by atoms with Gasteiger partial charge in [0, 0.05) is 11.3 Å². The van der Waals surface area contributed by atoms with Crippen LogP contribution >= 0.6 is 0 Å². The van der Waals surface area contributed by atoms with Crippen LogP contribution in [0.2, 0.25) is 0 Å². The summed E-state index contributed by atoms with van der Waals surface area (Å²) in [6.45, 7) is 8.42. The van der Waals surface area contributed by atoms with Gasteiger partial charge in [-0.1, -0.05) is 51.8 Å². The molecule has 0 spiro atoms. The third kappa shape index (κ3) is 3.78. The third-order valence-electron chi connectivity index (χ3n) is 6.52. The molecule has 1 fully saturated rings. The maximum atomic E-state index is 15.1. The van der Waals surface area contributed by atoms with E-state index in [1.807, 2.05) is 6.07 Å². The van der Waals surface area contributed by atoms with E-state index in [0.717, 1.165) is 12.0 Å². The fourth-order valence-electron chi connectivity index (χ4n) is 4.54. The lowest BCUT2D eigenvalue weighted by Gasteiger charge is -2.40. The van der Waals surface area contributed by atoms with E-state index < -0.39 is 0 Å². The Hall–Kier alpha value is -2.16. The summed E-state index contributed by atoms with van der Waals surface area (Å²) < 4.78 is 28.3. The Kier molecular flexibility index (Phi) is 5.69. The molecule has 0 radical (unpaired) electrons. The fraction of sp³-hybridized carbons (Fsp3) is 0.417. The van der Waals surface area contributed by atoms with Gasteiger partial charge in [-0.2, -0.15) is 0 Å². The van der Waals surface area contributed by atoms with Crippen molar-refractivity contribution in [3.05, 3.63) is 71.3 Å². The van der Waals surface area contributed by atoms with E-state index >= 15 is 4.39 Å². The van der Waals surface area contributed by atoms with Crippen molar-refractivity contribution >= 4 is 11.3 Å². The number of hydrogen-bond donors (Lipinski definition) is 1. The van der Waals surface area contributed by atoms with Gasteiger partial charge in [-0.15, -0.1) is 0 Å². The molecular formula is C24H29F2N. The summed E-state index contributed by atoms with van der Waals surface area (Å²) >= 11 is 0. The predicted octanol–water partition coefficient (Wildman–Crippen LogP) is 6.86. The largest absolute Gasteiger partial charge is 0.398 e. The molecule has 144 valence electrons. The molecule has 1 nitrogen and oxygen atoms in total. The Bertz CT molecular complexity index is 796. The summed E-state index contributed by atoms with van der Waals surface area (Å²) in [5.74, 6) is -0.127. The van der Waals surface area contributed by atoms with Crippen molar-refractivity contribution in [2.75, 3.05) is 5.73 Å². The third-order valence-corrected chi connectivity index (χ3v) is 6.52. The smallest absolute Gasteiger partial charge is 0.133 e. The summed E-state index contributed by atoms with van der Waals surface area (Å²) in [4.78, 5) is 0. The van der Waals surface area contributed by atoms with Crippen molar-refractivity contribution in [2.24, 2.45) is 5.92 Å². The van der Waals surface area contributed by atoms with Crippen LogP contribution in [0.25, 0.3) is 5.57 Å². The highest BCUT2D eigenvalue weighted by Crippen LogP contribution is 2.45.